The molecule has 6 nitrogen and oxygen atoms in total. The zero-order valence-electron chi connectivity index (χ0n) is 19.9. The topological polar surface area (TPSA) is 54.3 Å². The summed E-state index contributed by atoms with van der Waals surface area (Å²) >= 11 is 7.58. The normalized spacial score (nSPS) is 25.4. The lowest BCUT2D eigenvalue weighted by molar-refractivity contribution is -0.129. The van der Waals surface area contributed by atoms with Gasteiger partial charge in [-0.3, -0.25) is 14.3 Å². The summed E-state index contributed by atoms with van der Waals surface area (Å²) in [6, 6.07) is 8.10. The summed E-state index contributed by atoms with van der Waals surface area (Å²) < 4.78 is 2.05. The van der Waals surface area contributed by atoms with E-state index in [1.807, 2.05) is 42.9 Å². The number of rotatable bonds is 6. The van der Waals surface area contributed by atoms with Crippen molar-refractivity contribution in [1.29, 1.82) is 0 Å². The van der Waals surface area contributed by atoms with Crippen LogP contribution >= 0.6 is 23.4 Å². The third kappa shape index (κ3) is 4.70. The van der Waals surface area contributed by atoms with Gasteiger partial charge in [0.2, 0.25) is 5.91 Å². The number of amides is 1. The number of halogens is 1. The molecule has 1 amide bonds. The quantitative estimate of drug-likeness (QED) is 0.546. The minimum absolute atomic E-state index is 0.0724. The Labute approximate surface area is 200 Å². The van der Waals surface area contributed by atoms with Gasteiger partial charge in [0.05, 0.1) is 11.8 Å². The molecule has 174 valence electrons. The van der Waals surface area contributed by atoms with E-state index in [4.69, 9.17) is 11.6 Å². The Kier molecular flexibility index (Phi) is 6.38. The average Bonchev–Trinajstić information content (AvgIpc) is 3.23. The molecule has 0 spiro atoms. The Morgan fingerprint density at radius 1 is 1.22 bits per heavy atom. The maximum atomic E-state index is 13.3. The van der Waals surface area contributed by atoms with Crippen molar-refractivity contribution < 1.29 is 4.79 Å². The molecule has 0 N–H and O–H groups in total. The van der Waals surface area contributed by atoms with E-state index >= 15 is 0 Å². The van der Waals surface area contributed by atoms with Crippen molar-refractivity contribution in [2.45, 2.75) is 64.2 Å². The smallest absolute Gasteiger partial charge is 0.233 e. The lowest BCUT2D eigenvalue weighted by Gasteiger charge is -2.39. The number of aromatic nitrogens is 3. The number of likely N-dealkylation sites (tertiary alicyclic amines) is 1. The molecular formula is C24H34ClN5OS. The van der Waals surface area contributed by atoms with Crippen molar-refractivity contribution in [2.75, 3.05) is 26.4 Å². The van der Waals surface area contributed by atoms with Gasteiger partial charge in [-0.05, 0) is 75.4 Å². The van der Waals surface area contributed by atoms with Crippen LogP contribution in [0.15, 0.2) is 29.4 Å². The van der Waals surface area contributed by atoms with Crippen LogP contribution in [-0.2, 0) is 4.79 Å². The number of benzene rings is 1. The molecule has 0 unspecified atom stereocenters. The lowest BCUT2D eigenvalue weighted by Crippen LogP contribution is -2.38. The van der Waals surface area contributed by atoms with Crippen LogP contribution in [0.4, 0.5) is 0 Å². The molecule has 32 heavy (non-hydrogen) atoms. The summed E-state index contributed by atoms with van der Waals surface area (Å²) in [6.07, 6.45) is 3.40. The Balaban J connectivity index is 1.55. The third-order valence-electron chi connectivity index (χ3n) is 6.95. The molecule has 1 aromatic carbocycles. The monoisotopic (exact) mass is 475 g/mol. The summed E-state index contributed by atoms with van der Waals surface area (Å²) in [6.45, 7) is 9.98. The molecule has 1 saturated heterocycles. The highest BCUT2D eigenvalue weighted by Crippen LogP contribution is 2.52. The molecule has 1 saturated carbocycles. The summed E-state index contributed by atoms with van der Waals surface area (Å²) in [5.41, 5.74) is 1.49. The molecule has 2 heterocycles. The van der Waals surface area contributed by atoms with Crippen LogP contribution in [0.5, 0.6) is 0 Å². The number of thioether (sulfide) groups is 1. The summed E-state index contributed by atoms with van der Waals surface area (Å²) in [4.78, 5) is 17.5. The van der Waals surface area contributed by atoms with Crippen molar-refractivity contribution in [3.05, 3.63) is 35.1 Å². The summed E-state index contributed by atoms with van der Waals surface area (Å²) in [5, 5.41) is 10.4. The fourth-order valence-corrected chi connectivity index (χ4v) is 6.64. The van der Waals surface area contributed by atoms with Crippen LogP contribution in [0, 0.1) is 10.8 Å². The SMILES string of the molecule is C[C@@H](c1nnc(SCC(=O)N2C[C@@]3(C)C[C@H]2CC(C)(C)C3)n1-c1ccc(Cl)cc1)N(C)C. The third-order valence-corrected chi connectivity index (χ3v) is 8.12. The van der Waals surface area contributed by atoms with Gasteiger partial charge in [-0.25, -0.2) is 0 Å². The van der Waals surface area contributed by atoms with Gasteiger partial charge < -0.3 is 4.90 Å². The van der Waals surface area contributed by atoms with E-state index in [9.17, 15) is 4.79 Å². The van der Waals surface area contributed by atoms with Crippen molar-refractivity contribution in [3.8, 4) is 5.69 Å². The van der Waals surface area contributed by atoms with Crippen LogP contribution in [0.25, 0.3) is 5.69 Å². The molecule has 1 aromatic heterocycles. The summed E-state index contributed by atoms with van der Waals surface area (Å²) in [7, 11) is 4.05. The Morgan fingerprint density at radius 3 is 2.56 bits per heavy atom. The number of fused-ring (bicyclic) bond motifs is 2. The first-order valence-electron chi connectivity index (χ1n) is 11.3. The highest BCUT2D eigenvalue weighted by Gasteiger charge is 2.50. The number of nitrogens with zero attached hydrogens (tertiary/aromatic N) is 5. The Bertz CT molecular complexity index is 989. The van der Waals surface area contributed by atoms with E-state index in [-0.39, 0.29) is 17.4 Å². The molecule has 1 aliphatic heterocycles. The van der Waals surface area contributed by atoms with Crippen LogP contribution in [0.1, 0.15) is 58.8 Å². The fourth-order valence-electron chi connectivity index (χ4n) is 5.67. The molecule has 2 fully saturated rings. The van der Waals surface area contributed by atoms with Crippen molar-refractivity contribution in [1.82, 2.24) is 24.6 Å². The van der Waals surface area contributed by atoms with Crippen LogP contribution in [-0.4, -0.2) is 62.9 Å². The number of carbonyl (C=O) groups excluding carboxylic acids is 1. The minimum Gasteiger partial charge on any atom is -0.338 e. The first-order chi connectivity index (χ1) is 15.0. The van der Waals surface area contributed by atoms with Crippen molar-refractivity contribution >= 4 is 29.3 Å². The van der Waals surface area contributed by atoms with Gasteiger partial charge in [-0.1, -0.05) is 44.1 Å². The van der Waals surface area contributed by atoms with E-state index in [0.717, 1.165) is 36.1 Å². The van der Waals surface area contributed by atoms with Gasteiger partial charge in [0.25, 0.3) is 0 Å². The molecule has 3 atom stereocenters. The van der Waals surface area contributed by atoms with E-state index in [2.05, 4.69) is 47.7 Å². The molecular weight excluding hydrogens is 442 g/mol. The molecule has 2 aromatic rings. The molecule has 8 heteroatoms. The van der Waals surface area contributed by atoms with Gasteiger partial charge >= 0.3 is 0 Å². The predicted molar refractivity (Wildman–Crippen MR) is 130 cm³/mol. The van der Waals surface area contributed by atoms with Gasteiger partial charge in [0.1, 0.15) is 0 Å². The first-order valence-corrected chi connectivity index (χ1v) is 12.6. The zero-order valence-corrected chi connectivity index (χ0v) is 21.5. The highest BCUT2D eigenvalue weighted by molar-refractivity contribution is 7.99. The van der Waals surface area contributed by atoms with Gasteiger partial charge in [0, 0.05) is 23.3 Å². The molecule has 2 aliphatic rings. The van der Waals surface area contributed by atoms with Crippen LogP contribution in [0.3, 0.4) is 0 Å². The maximum absolute atomic E-state index is 13.3. The molecule has 1 aliphatic carbocycles. The second kappa shape index (κ2) is 8.65. The van der Waals surface area contributed by atoms with E-state index in [0.29, 0.717) is 22.2 Å². The Morgan fingerprint density at radius 2 is 1.91 bits per heavy atom. The standard InChI is InChI=1S/C24H34ClN5OS/c1-16(28(5)6)21-26-27-22(30(21)18-9-7-17(25)8-10-18)32-13-20(31)29-15-24(4)12-19(29)11-23(2,3)14-24/h7-10,16,19H,11-15H2,1-6H3/t16-,19+,24-/m0/s1. The predicted octanol–water partition coefficient (Wildman–Crippen LogP) is 5.06. The zero-order chi connectivity index (χ0) is 23.3. The second-order valence-electron chi connectivity index (χ2n) is 10.8. The van der Waals surface area contributed by atoms with E-state index in [1.165, 1.54) is 18.2 Å². The number of hydrogen-bond acceptors (Lipinski definition) is 5. The van der Waals surface area contributed by atoms with Gasteiger partial charge in [-0.15, -0.1) is 10.2 Å². The maximum Gasteiger partial charge on any atom is 0.233 e. The minimum atomic E-state index is 0.0724. The van der Waals surface area contributed by atoms with Crippen LogP contribution in [0.2, 0.25) is 5.02 Å². The Hall–Kier alpha value is -1.57. The average molecular weight is 476 g/mol. The van der Waals surface area contributed by atoms with Crippen LogP contribution < -0.4 is 0 Å². The van der Waals surface area contributed by atoms with Crippen molar-refractivity contribution in [2.24, 2.45) is 10.8 Å². The van der Waals surface area contributed by atoms with Crippen molar-refractivity contribution in [3.63, 3.8) is 0 Å². The van der Waals surface area contributed by atoms with E-state index in [1.54, 1.807) is 0 Å². The fraction of sp³-hybridized carbons (Fsp3) is 0.625. The first kappa shape index (κ1) is 23.6. The lowest BCUT2D eigenvalue weighted by atomic mass is 9.65. The molecule has 4 rings (SSSR count). The highest BCUT2D eigenvalue weighted by atomic mass is 35.5. The molecule has 2 bridgehead atoms. The van der Waals surface area contributed by atoms with E-state index < -0.39 is 0 Å². The summed E-state index contributed by atoms with van der Waals surface area (Å²) in [5.74, 6) is 1.42. The van der Waals surface area contributed by atoms with Gasteiger partial charge in [-0.2, -0.15) is 0 Å². The number of hydrogen-bond donors (Lipinski definition) is 0. The van der Waals surface area contributed by atoms with Gasteiger partial charge in [0.15, 0.2) is 11.0 Å². The second-order valence-corrected chi connectivity index (χ2v) is 12.2. The largest absolute Gasteiger partial charge is 0.338 e. The number of carbonyl (C=O) groups is 1. The molecule has 0 radical (unpaired) electrons.